The van der Waals surface area contributed by atoms with Crippen molar-refractivity contribution >= 4 is 0 Å². The van der Waals surface area contributed by atoms with Crippen molar-refractivity contribution < 1.29 is 0 Å². The standard InChI is InChI=1S/C20H25N/c1-3-21-15(2)19-8-5-9-20(14-19)18-12-10-17(11-13-18)16-6-4-7-16/h5,8-16,21H,3-4,6-7H2,1-2H3. The van der Waals surface area contributed by atoms with Crippen LogP contribution in [0.5, 0.6) is 0 Å². The second-order valence-corrected chi connectivity index (χ2v) is 6.15. The molecule has 2 aromatic carbocycles. The zero-order chi connectivity index (χ0) is 14.7. The maximum atomic E-state index is 3.48. The molecule has 1 unspecified atom stereocenters. The van der Waals surface area contributed by atoms with Crippen LogP contribution < -0.4 is 5.32 Å². The molecule has 1 saturated carbocycles. The van der Waals surface area contributed by atoms with E-state index in [1.165, 1.54) is 41.5 Å². The van der Waals surface area contributed by atoms with Crippen LogP contribution in [0.3, 0.4) is 0 Å². The van der Waals surface area contributed by atoms with Gasteiger partial charge in [-0.25, -0.2) is 0 Å². The first-order valence-electron chi connectivity index (χ1n) is 8.21. The molecule has 1 heteroatoms. The van der Waals surface area contributed by atoms with Gasteiger partial charge in [-0.05, 0) is 60.5 Å². The van der Waals surface area contributed by atoms with Crippen molar-refractivity contribution in [1.82, 2.24) is 5.32 Å². The van der Waals surface area contributed by atoms with E-state index in [-0.39, 0.29) is 0 Å². The molecule has 3 rings (SSSR count). The van der Waals surface area contributed by atoms with Crippen LogP contribution in [0, 0.1) is 0 Å². The molecular weight excluding hydrogens is 254 g/mol. The van der Waals surface area contributed by atoms with E-state index < -0.39 is 0 Å². The highest BCUT2D eigenvalue weighted by Gasteiger charge is 2.19. The number of nitrogens with one attached hydrogen (secondary N) is 1. The Hall–Kier alpha value is -1.60. The summed E-state index contributed by atoms with van der Waals surface area (Å²) in [6.07, 6.45) is 4.14. The average molecular weight is 279 g/mol. The van der Waals surface area contributed by atoms with Crippen molar-refractivity contribution in [2.45, 2.75) is 45.1 Å². The van der Waals surface area contributed by atoms with Gasteiger partial charge >= 0.3 is 0 Å². The van der Waals surface area contributed by atoms with Gasteiger partial charge < -0.3 is 5.32 Å². The summed E-state index contributed by atoms with van der Waals surface area (Å²) in [6, 6.07) is 18.5. The Bertz CT molecular complexity index is 581. The summed E-state index contributed by atoms with van der Waals surface area (Å²) in [5.74, 6) is 0.819. The van der Waals surface area contributed by atoms with Crippen LogP contribution in [-0.4, -0.2) is 6.54 Å². The Kier molecular flexibility index (Phi) is 4.40. The van der Waals surface area contributed by atoms with E-state index in [4.69, 9.17) is 0 Å². The summed E-state index contributed by atoms with van der Waals surface area (Å²) in [7, 11) is 0. The second-order valence-electron chi connectivity index (χ2n) is 6.15. The molecule has 1 N–H and O–H groups in total. The van der Waals surface area contributed by atoms with Crippen molar-refractivity contribution in [1.29, 1.82) is 0 Å². The van der Waals surface area contributed by atoms with Crippen molar-refractivity contribution in [3.05, 3.63) is 59.7 Å². The number of hydrogen-bond donors (Lipinski definition) is 1. The van der Waals surface area contributed by atoms with Crippen LogP contribution in [-0.2, 0) is 0 Å². The minimum Gasteiger partial charge on any atom is -0.310 e. The topological polar surface area (TPSA) is 12.0 Å². The first kappa shape index (κ1) is 14.3. The van der Waals surface area contributed by atoms with Gasteiger partial charge in [-0.3, -0.25) is 0 Å². The number of rotatable bonds is 5. The zero-order valence-electron chi connectivity index (χ0n) is 13.1. The molecule has 0 radical (unpaired) electrons. The molecule has 1 atom stereocenters. The molecule has 0 amide bonds. The lowest BCUT2D eigenvalue weighted by Gasteiger charge is -2.25. The Morgan fingerprint density at radius 3 is 2.43 bits per heavy atom. The monoisotopic (exact) mass is 279 g/mol. The first-order chi connectivity index (χ1) is 10.3. The summed E-state index contributed by atoms with van der Waals surface area (Å²) in [4.78, 5) is 0. The van der Waals surface area contributed by atoms with Crippen molar-refractivity contribution in [2.24, 2.45) is 0 Å². The second kappa shape index (κ2) is 6.44. The molecule has 0 spiro atoms. The minimum atomic E-state index is 0.407. The molecule has 0 heterocycles. The minimum absolute atomic E-state index is 0.407. The summed E-state index contributed by atoms with van der Waals surface area (Å²) in [5.41, 5.74) is 5.51. The fraction of sp³-hybridized carbons (Fsp3) is 0.400. The van der Waals surface area contributed by atoms with E-state index >= 15 is 0 Å². The molecule has 1 nitrogen and oxygen atoms in total. The summed E-state index contributed by atoms with van der Waals surface area (Å²) in [5, 5.41) is 3.48. The summed E-state index contributed by atoms with van der Waals surface area (Å²) < 4.78 is 0. The molecule has 0 aliphatic heterocycles. The Labute approximate surface area is 128 Å². The lowest BCUT2D eigenvalue weighted by molar-refractivity contribution is 0.420. The van der Waals surface area contributed by atoms with E-state index in [0.29, 0.717) is 6.04 Å². The Morgan fingerprint density at radius 1 is 1.05 bits per heavy atom. The third-order valence-corrected chi connectivity index (χ3v) is 4.72. The van der Waals surface area contributed by atoms with Gasteiger partial charge in [0.25, 0.3) is 0 Å². The predicted octanol–water partition coefficient (Wildman–Crippen LogP) is 5.29. The fourth-order valence-electron chi connectivity index (χ4n) is 3.10. The highest BCUT2D eigenvalue weighted by atomic mass is 14.9. The quantitative estimate of drug-likeness (QED) is 0.784. The molecule has 110 valence electrons. The van der Waals surface area contributed by atoms with Crippen molar-refractivity contribution in [2.75, 3.05) is 6.54 Å². The third-order valence-electron chi connectivity index (χ3n) is 4.72. The van der Waals surface area contributed by atoms with Gasteiger partial charge in [0.2, 0.25) is 0 Å². The van der Waals surface area contributed by atoms with Crippen LogP contribution in [0.4, 0.5) is 0 Å². The molecule has 1 aliphatic rings. The maximum absolute atomic E-state index is 3.48. The Morgan fingerprint density at radius 2 is 1.81 bits per heavy atom. The van der Waals surface area contributed by atoms with Gasteiger partial charge in [0.1, 0.15) is 0 Å². The molecule has 2 aromatic rings. The highest BCUT2D eigenvalue weighted by Crippen LogP contribution is 2.37. The fourth-order valence-corrected chi connectivity index (χ4v) is 3.10. The zero-order valence-corrected chi connectivity index (χ0v) is 13.1. The molecule has 0 aromatic heterocycles. The maximum Gasteiger partial charge on any atom is 0.0291 e. The molecule has 1 fully saturated rings. The summed E-state index contributed by atoms with van der Waals surface area (Å²) >= 11 is 0. The van der Waals surface area contributed by atoms with Crippen LogP contribution in [0.2, 0.25) is 0 Å². The smallest absolute Gasteiger partial charge is 0.0291 e. The molecule has 0 bridgehead atoms. The normalized spacial score (nSPS) is 16.5. The SMILES string of the molecule is CCNC(C)c1cccc(-c2ccc(C3CCC3)cc2)c1. The molecule has 0 saturated heterocycles. The van der Waals surface area contributed by atoms with Gasteiger partial charge in [-0.2, -0.15) is 0 Å². The highest BCUT2D eigenvalue weighted by molar-refractivity contribution is 5.64. The van der Waals surface area contributed by atoms with Crippen molar-refractivity contribution in [3.63, 3.8) is 0 Å². The Balaban J connectivity index is 1.81. The van der Waals surface area contributed by atoms with E-state index in [1.807, 2.05) is 0 Å². The number of benzene rings is 2. The van der Waals surface area contributed by atoms with Crippen LogP contribution in [0.1, 0.15) is 56.2 Å². The third kappa shape index (κ3) is 3.19. The van der Waals surface area contributed by atoms with Gasteiger partial charge in [0.05, 0.1) is 0 Å². The van der Waals surface area contributed by atoms with Gasteiger partial charge in [-0.1, -0.05) is 55.8 Å². The van der Waals surface area contributed by atoms with Crippen molar-refractivity contribution in [3.8, 4) is 11.1 Å². The lowest BCUT2D eigenvalue weighted by atomic mass is 9.80. The van der Waals surface area contributed by atoms with E-state index in [9.17, 15) is 0 Å². The molecule has 21 heavy (non-hydrogen) atoms. The van der Waals surface area contributed by atoms with E-state index in [2.05, 4.69) is 67.7 Å². The largest absolute Gasteiger partial charge is 0.310 e. The summed E-state index contributed by atoms with van der Waals surface area (Å²) in [6.45, 7) is 5.38. The lowest BCUT2D eigenvalue weighted by Crippen LogP contribution is -2.17. The van der Waals surface area contributed by atoms with Crippen LogP contribution in [0.25, 0.3) is 11.1 Å². The molecule has 1 aliphatic carbocycles. The van der Waals surface area contributed by atoms with Gasteiger partial charge in [0.15, 0.2) is 0 Å². The van der Waals surface area contributed by atoms with E-state index in [0.717, 1.165) is 12.5 Å². The first-order valence-corrected chi connectivity index (χ1v) is 8.21. The van der Waals surface area contributed by atoms with Gasteiger partial charge in [0, 0.05) is 6.04 Å². The van der Waals surface area contributed by atoms with E-state index in [1.54, 1.807) is 0 Å². The number of hydrogen-bond acceptors (Lipinski definition) is 1. The molecular formula is C20H25N. The average Bonchev–Trinajstić information content (AvgIpc) is 2.47. The van der Waals surface area contributed by atoms with Crippen LogP contribution in [0.15, 0.2) is 48.5 Å². The predicted molar refractivity (Wildman–Crippen MR) is 90.6 cm³/mol. The van der Waals surface area contributed by atoms with Crippen LogP contribution >= 0.6 is 0 Å². The van der Waals surface area contributed by atoms with Gasteiger partial charge in [-0.15, -0.1) is 0 Å².